The van der Waals surface area contributed by atoms with Gasteiger partial charge in [0.05, 0.1) is 6.20 Å². The molecule has 0 unspecified atom stereocenters. The van der Waals surface area contributed by atoms with Crippen molar-refractivity contribution in [3.05, 3.63) is 35.0 Å². The number of hydrogen-bond donors (Lipinski definition) is 2. The molecule has 3 N–H and O–H groups in total. The first-order valence-electron chi connectivity index (χ1n) is 5.77. The van der Waals surface area contributed by atoms with Gasteiger partial charge < -0.3 is 5.73 Å². The van der Waals surface area contributed by atoms with E-state index in [-0.39, 0.29) is 6.54 Å². The highest BCUT2D eigenvalue weighted by Gasteiger charge is 2.16. The van der Waals surface area contributed by atoms with Gasteiger partial charge in [-0.25, -0.2) is 13.1 Å². The van der Waals surface area contributed by atoms with Gasteiger partial charge in [-0.15, -0.1) is 11.3 Å². The molecule has 0 bridgehead atoms. The van der Waals surface area contributed by atoms with Crippen molar-refractivity contribution >= 4 is 21.4 Å². The summed E-state index contributed by atoms with van der Waals surface area (Å²) >= 11 is 1.25. The van der Waals surface area contributed by atoms with Crippen LogP contribution in [0.4, 0.5) is 0 Å². The average Bonchev–Trinajstić information content (AvgIpc) is 2.97. The van der Waals surface area contributed by atoms with Crippen LogP contribution in [0.2, 0.25) is 0 Å². The van der Waals surface area contributed by atoms with E-state index in [4.69, 9.17) is 5.73 Å². The predicted molar refractivity (Wildman–Crippen MR) is 74.3 cm³/mol. The highest BCUT2D eigenvalue weighted by atomic mass is 32.2. The molecule has 0 aromatic carbocycles. The quantitative estimate of drug-likeness (QED) is 0.811. The lowest BCUT2D eigenvalue weighted by molar-refractivity contribution is 0.583. The summed E-state index contributed by atoms with van der Waals surface area (Å²) in [7, 11) is -1.67. The van der Waals surface area contributed by atoms with E-state index in [2.05, 4.69) is 9.82 Å². The third-order valence-corrected chi connectivity index (χ3v) is 5.56. The van der Waals surface area contributed by atoms with E-state index in [1.807, 2.05) is 0 Å². The van der Waals surface area contributed by atoms with Crippen molar-refractivity contribution < 1.29 is 8.42 Å². The molecule has 0 aliphatic rings. The summed E-state index contributed by atoms with van der Waals surface area (Å²) < 4.78 is 28.7. The molecular weight excluding hydrogens is 284 g/mol. The number of nitrogens with zero attached hydrogens (tertiary/aromatic N) is 2. The van der Waals surface area contributed by atoms with E-state index in [0.717, 1.165) is 10.4 Å². The fourth-order valence-electron chi connectivity index (χ4n) is 1.59. The second kappa shape index (κ2) is 5.83. The molecule has 8 heteroatoms. The third kappa shape index (κ3) is 3.63. The van der Waals surface area contributed by atoms with Crippen LogP contribution in [-0.2, 0) is 30.0 Å². The second-order valence-corrected chi connectivity index (χ2v) is 7.27. The average molecular weight is 300 g/mol. The molecule has 19 heavy (non-hydrogen) atoms. The minimum atomic E-state index is -3.46. The summed E-state index contributed by atoms with van der Waals surface area (Å²) in [5.74, 6) is 0. The lowest BCUT2D eigenvalue weighted by Crippen LogP contribution is -2.22. The van der Waals surface area contributed by atoms with Crippen LogP contribution in [0.1, 0.15) is 10.4 Å². The van der Waals surface area contributed by atoms with Crippen molar-refractivity contribution in [2.24, 2.45) is 12.8 Å². The maximum atomic E-state index is 12.1. The Bertz CT molecular complexity index is 645. The van der Waals surface area contributed by atoms with Gasteiger partial charge >= 0.3 is 0 Å². The molecule has 0 amide bonds. The second-order valence-electron chi connectivity index (χ2n) is 4.11. The molecule has 0 atom stereocenters. The van der Waals surface area contributed by atoms with Crippen LogP contribution in [0.25, 0.3) is 0 Å². The van der Waals surface area contributed by atoms with E-state index >= 15 is 0 Å². The molecule has 0 spiro atoms. The molecule has 2 aromatic rings. The van der Waals surface area contributed by atoms with Crippen molar-refractivity contribution in [1.29, 1.82) is 0 Å². The molecule has 0 fully saturated rings. The van der Waals surface area contributed by atoms with Crippen molar-refractivity contribution in [2.75, 3.05) is 6.54 Å². The first-order chi connectivity index (χ1) is 9.01. The topological polar surface area (TPSA) is 90.0 Å². The highest BCUT2D eigenvalue weighted by Crippen LogP contribution is 2.21. The van der Waals surface area contributed by atoms with Crippen LogP contribution in [0.15, 0.2) is 28.7 Å². The van der Waals surface area contributed by atoms with Gasteiger partial charge in [0.25, 0.3) is 0 Å². The van der Waals surface area contributed by atoms with Crippen molar-refractivity contribution in [2.45, 2.75) is 17.2 Å². The number of aryl methyl sites for hydroxylation is 1. The van der Waals surface area contributed by atoms with Crippen LogP contribution in [0.3, 0.4) is 0 Å². The Kier molecular flexibility index (Phi) is 4.35. The van der Waals surface area contributed by atoms with Crippen molar-refractivity contribution in [1.82, 2.24) is 14.5 Å². The predicted octanol–water partition coefficient (Wildman–Crippen LogP) is 0.461. The largest absolute Gasteiger partial charge is 0.330 e. The maximum Gasteiger partial charge on any atom is 0.250 e. The van der Waals surface area contributed by atoms with Crippen molar-refractivity contribution in [3.63, 3.8) is 0 Å². The number of rotatable bonds is 6. The van der Waals surface area contributed by atoms with Crippen LogP contribution in [0.5, 0.6) is 0 Å². The van der Waals surface area contributed by atoms with Gasteiger partial charge in [-0.1, -0.05) is 0 Å². The van der Waals surface area contributed by atoms with E-state index in [1.54, 1.807) is 36.3 Å². The minimum Gasteiger partial charge on any atom is -0.330 e. The number of nitrogens with one attached hydrogen (secondary N) is 1. The van der Waals surface area contributed by atoms with Crippen LogP contribution in [0, 0.1) is 0 Å². The van der Waals surface area contributed by atoms with Gasteiger partial charge in [-0.3, -0.25) is 4.68 Å². The van der Waals surface area contributed by atoms with E-state index in [9.17, 15) is 8.42 Å². The number of nitrogens with two attached hydrogens (primary N) is 1. The zero-order valence-electron chi connectivity index (χ0n) is 10.5. The molecule has 2 heterocycles. The summed E-state index contributed by atoms with van der Waals surface area (Å²) in [6, 6.07) is 3.41. The van der Waals surface area contributed by atoms with Gasteiger partial charge in [0.1, 0.15) is 4.21 Å². The van der Waals surface area contributed by atoms with Gasteiger partial charge in [-0.2, -0.15) is 5.10 Å². The fourth-order valence-corrected chi connectivity index (χ4v) is 4.03. The Labute approximate surface area is 116 Å². The SMILES string of the molecule is Cn1cc(CNS(=O)(=O)c2ccc(CCN)s2)cn1. The molecule has 0 radical (unpaired) electrons. The van der Waals surface area contributed by atoms with Crippen LogP contribution in [-0.4, -0.2) is 24.7 Å². The zero-order valence-corrected chi connectivity index (χ0v) is 12.2. The Balaban J connectivity index is 2.04. The highest BCUT2D eigenvalue weighted by molar-refractivity contribution is 7.91. The Morgan fingerprint density at radius 3 is 2.89 bits per heavy atom. The molecule has 2 aromatic heterocycles. The monoisotopic (exact) mass is 300 g/mol. The third-order valence-electron chi connectivity index (χ3n) is 2.52. The van der Waals surface area contributed by atoms with E-state index in [1.165, 1.54) is 11.3 Å². The van der Waals surface area contributed by atoms with Gasteiger partial charge in [-0.05, 0) is 25.1 Å². The Morgan fingerprint density at radius 1 is 1.47 bits per heavy atom. The standard InChI is InChI=1S/C11H16N4O2S2/c1-15-8-9(6-13-15)7-14-19(16,17)11-3-2-10(18-11)4-5-12/h2-3,6,8,14H,4-5,7,12H2,1H3. The van der Waals surface area contributed by atoms with Crippen LogP contribution >= 0.6 is 11.3 Å². The molecular formula is C11H16N4O2S2. The summed E-state index contributed by atoms with van der Waals surface area (Å²) in [5, 5.41) is 3.99. The maximum absolute atomic E-state index is 12.1. The summed E-state index contributed by atoms with van der Waals surface area (Å²) in [4.78, 5) is 0.976. The smallest absolute Gasteiger partial charge is 0.250 e. The normalized spacial score (nSPS) is 11.9. The van der Waals surface area contributed by atoms with Crippen LogP contribution < -0.4 is 10.5 Å². The van der Waals surface area contributed by atoms with Gasteiger partial charge in [0.2, 0.25) is 10.0 Å². The molecule has 0 saturated heterocycles. The molecule has 2 rings (SSSR count). The van der Waals surface area contributed by atoms with E-state index < -0.39 is 10.0 Å². The Hall–Kier alpha value is -1.22. The molecule has 6 nitrogen and oxygen atoms in total. The number of thiophene rings is 1. The number of hydrogen-bond acceptors (Lipinski definition) is 5. The lowest BCUT2D eigenvalue weighted by atomic mass is 10.3. The summed E-state index contributed by atoms with van der Waals surface area (Å²) in [6.07, 6.45) is 4.11. The molecule has 104 valence electrons. The Morgan fingerprint density at radius 2 is 2.26 bits per heavy atom. The summed E-state index contributed by atoms with van der Waals surface area (Å²) in [6.45, 7) is 0.753. The first-order valence-corrected chi connectivity index (χ1v) is 8.07. The van der Waals surface area contributed by atoms with Gasteiger partial charge in [0.15, 0.2) is 0 Å². The number of sulfonamides is 1. The molecule has 0 saturated carbocycles. The fraction of sp³-hybridized carbons (Fsp3) is 0.364. The van der Waals surface area contributed by atoms with E-state index in [0.29, 0.717) is 17.2 Å². The summed E-state index contributed by atoms with van der Waals surface area (Å²) in [5.41, 5.74) is 6.27. The lowest BCUT2D eigenvalue weighted by Gasteiger charge is -2.02. The zero-order chi connectivity index (χ0) is 13.9. The minimum absolute atomic E-state index is 0.236. The van der Waals surface area contributed by atoms with Gasteiger partial charge in [0, 0.05) is 30.2 Å². The first kappa shape index (κ1) is 14.2. The number of aromatic nitrogens is 2. The van der Waals surface area contributed by atoms with Crippen molar-refractivity contribution in [3.8, 4) is 0 Å². The molecule has 0 aliphatic carbocycles. The molecule has 0 aliphatic heterocycles.